The fourth-order valence-corrected chi connectivity index (χ4v) is 3.74. The maximum atomic E-state index is 13.4. The van der Waals surface area contributed by atoms with Crippen LogP contribution >= 0.6 is 0 Å². The third-order valence-electron chi connectivity index (χ3n) is 5.73. The van der Waals surface area contributed by atoms with Crippen LogP contribution in [-0.4, -0.2) is 17.6 Å². The van der Waals surface area contributed by atoms with Crippen molar-refractivity contribution >= 4 is 28.2 Å². The minimum atomic E-state index is -0.266. The third kappa shape index (κ3) is 5.06. The highest BCUT2D eigenvalue weighted by molar-refractivity contribution is 5.92. The van der Waals surface area contributed by atoms with Gasteiger partial charge in [-0.3, -0.25) is 14.2 Å². The molecule has 1 aromatic heterocycles. The summed E-state index contributed by atoms with van der Waals surface area (Å²) in [7, 11) is 1.58. The minimum Gasteiger partial charge on any atom is -0.497 e. The number of anilines is 2. The van der Waals surface area contributed by atoms with E-state index in [2.05, 4.69) is 10.6 Å². The largest absolute Gasteiger partial charge is 0.497 e. The first kappa shape index (κ1) is 22.1. The molecule has 6 nitrogen and oxygen atoms in total. The first-order valence-electron chi connectivity index (χ1n) is 10.8. The Labute approximate surface area is 192 Å². The zero-order valence-electron chi connectivity index (χ0n) is 19.0. The molecule has 0 fully saturated rings. The van der Waals surface area contributed by atoms with Crippen molar-refractivity contribution in [3.05, 3.63) is 99.8 Å². The lowest BCUT2D eigenvalue weighted by molar-refractivity contribution is -0.116. The third-order valence-corrected chi connectivity index (χ3v) is 5.73. The molecule has 0 unspecified atom stereocenters. The molecule has 4 aromatic rings. The number of rotatable bonds is 7. The molecule has 0 aliphatic heterocycles. The normalized spacial score (nSPS) is 10.8. The van der Waals surface area contributed by atoms with Crippen LogP contribution in [0.2, 0.25) is 0 Å². The van der Waals surface area contributed by atoms with Crippen molar-refractivity contribution < 1.29 is 9.53 Å². The van der Waals surface area contributed by atoms with Gasteiger partial charge in [0.25, 0.3) is 5.56 Å². The van der Waals surface area contributed by atoms with Crippen molar-refractivity contribution in [2.45, 2.75) is 26.9 Å². The summed E-state index contributed by atoms with van der Waals surface area (Å²) in [5.41, 5.74) is 4.89. The van der Waals surface area contributed by atoms with Gasteiger partial charge < -0.3 is 15.4 Å². The average molecular weight is 442 g/mol. The summed E-state index contributed by atoms with van der Waals surface area (Å²) in [6.45, 7) is 4.27. The SMILES string of the molecule is COc1ccc2cc(CNc3ccccc3)c(=O)n(CC(=O)Nc3ccc(C)c(C)c3)c2c1. The van der Waals surface area contributed by atoms with E-state index >= 15 is 0 Å². The van der Waals surface area contributed by atoms with E-state index in [1.807, 2.05) is 80.6 Å². The number of ether oxygens (including phenoxy) is 1. The van der Waals surface area contributed by atoms with Crippen molar-refractivity contribution in [3.63, 3.8) is 0 Å². The zero-order valence-corrected chi connectivity index (χ0v) is 19.0. The van der Waals surface area contributed by atoms with Crippen molar-refractivity contribution in [1.82, 2.24) is 4.57 Å². The number of amides is 1. The lowest BCUT2D eigenvalue weighted by Crippen LogP contribution is -2.30. The summed E-state index contributed by atoms with van der Waals surface area (Å²) < 4.78 is 6.86. The Kier molecular flexibility index (Phi) is 6.45. The smallest absolute Gasteiger partial charge is 0.256 e. The zero-order chi connectivity index (χ0) is 23.4. The van der Waals surface area contributed by atoms with Gasteiger partial charge in [0.2, 0.25) is 5.91 Å². The second-order valence-electron chi connectivity index (χ2n) is 8.05. The first-order chi connectivity index (χ1) is 15.9. The number of fused-ring (bicyclic) bond motifs is 1. The topological polar surface area (TPSA) is 72.4 Å². The quantitative estimate of drug-likeness (QED) is 0.429. The predicted octanol–water partition coefficient (Wildman–Crippen LogP) is 4.88. The van der Waals surface area contributed by atoms with Crippen LogP contribution in [0.5, 0.6) is 5.75 Å². The highest BCUT2D eigenvalue weighted by Crippen LogP contribution is 2.21. The number of carbonyl (C=O) groups excluding carboxylic acids is 1. The number of aryl methyl sites for hydroxylation is 2. The van der Waals surface area contributed by atoms with Gasteiger partial charge in [-0.25, -0.2) is 0 Å². The number of para-hydroxylation sites is 1. The van der Waals surface area contributed by atoms with Crippen LogP contribution in [0.4, 0.5) is 11.4 Å². The van der Waals surface area contributed by atoms with Crippen LogP contribution in [0.15, 0.2) is 77.6 Å². The van der Waals surface area contributed by atoms with Crippen molar-refractivity contribution in [1.29, 1.82) is 0 Å². The van der Waals surface area contributed by atoms with Crippen molar-refractivity contribution in [2.24, 2.45) is 0 Å². The number of hydrogen-bond acceptors (Lipinski definition) is 4. The molecule has 1 amide bonds. The lowest BCUT2D eigenvalue weighted by Gasteiger charge is -2.15. The van der Waals surface area contributed by atoms with Gasteiger partial charge >= 0.3 is 0 Å². The van der Waals surface area contributed by atoms with Crippen molar-refractivity contribution in [2.75, 3.05) is 17.7 Å². The number of nitrogens with one attached hydrogen (secondary N) is 2. The second-order valence-corrected chi connectivity index (χ2v) is 8.05. The standard InChI is InChI=1S/C27H27N3O3/c1-18-9-11-23(13-19(18)2)29-26(31)17-30-25-15-24(33-3)12-10-20(25)14-21(27(30)32)16-28-22-7-5-4-6-8-22/h4-15,28H,16-17H2,1-3H3,(H,29,31). The first-order valence-corrected chi connectivity index (χ1v) is 10.8. The molecule has 0 spiro atoms. The molecule has 168 valence electrons. The van der Waals surface area contributed by atoms with Crippen LogP contribution in [0, 0.1) is 13.8 Å². The maximum Gasteiger partial charge on any atom is 0.256 e. The fraction of sp³-hybridized carbons (Fsp3) is 0.185. The number of aromatic nitrogens is 1. The Balaban J connectivity index is 1.67. The van der Waals surface area contributed by atoms with Gasteiger partial charge in [0.05, 0.1) is 12.6 Å². The molecule has 6 heteroatoms. The Morgan fingerprint density at radius 3 is 2.42 bits per heavy atom. The average Bonchev–Trinajstić information content (AvgIpc) is 2.82. The fourth-order valence-electron chi connectivity index (χ4n) is 3.74. The van der Waals surface area contributed by atoms with Crippen LogP contribution in [0.25, 0.3) is 10.9 Å². The van der Waals surface area contributed by atoms with Gasteiger partial charge in [0, 0.05) is 29.5 Å². The molecule has 0 atom stereocenters. The number of carbonyl (C=O) groups is 1. The molecule has 0 aliphatic rings. The van der Waals surface area contributed by atoms with Crippen molar-refractivity contribution in [3.8, 4) is 5.75 Å². The van der Waals surface area contributed by atoms with E-state index in [9.17, 15) is 9.59 Å². The molecule has 0 bridgehead atoms. The summed E-state index contributed by atoms with van der Waals surface area (Å²) >= 11 is 0. The second kappa shape index (κ2) is 9.61. The molecule has 0 aliphatic carbocycles. The Morgan fingerprint density at radius 1 is 0.909 bits per heavy atom. The maximum absolute atomic E-state index is 13.4. The van der Waals surface area contributed by atoms with E-state index in [4.69, 9.17) is 4.74 Å². The monoisotopic (exact) mass is 441 g/mol. The van der Waals surface area contributed by atoms with Gasteiger partial charge in [-0.1, -0.05) is 24.3 Å². The lowest BCUT2D eigenvalue weighted by atomic mass is 10.1. The number of pyridine rings is 1. The molecule has 33 heavy (non-hydrogen) atoms. The summed E-state index contributed by atoms with van der Waals surface area (Å²) in [4.78, 5) is 26.3. The molecular weight excluding hydrogens is 414 g/mol. The summed E-state index contributed by atoms with van der Waals surface area (Å²) in [6, 6.07) is 22.9. The van der Waals surface area contributed by atoms with E-state index in [-0.39, 0.29) is 18.0 Å². The van der Waals surface area contributed by atoms with Gasteiger partial charge in [0.15, 0.2) is 0 Å². The van der Waals surface area contributed by atoms with Crippen LogP contribution in [-0.2, 0) is 17.9 Å². The minimum absolute atomic E-state index is 0.103. The molecule has 0 radical (unpaired) electrons. The molecule has 1 heterocycles. The number of nitrogens with zero attached hydrogens (tertiary/aromatic N) is 1. The highest BCUT2D eigenvalue weighted by atomic mass is 16.5. The molecule has 0 saturated carbocycles. The van der Waals surface area contributed by atoms with E-state index in [1.54, 1.807) is 13.2 Å². The Hall–Kier alpha value is -4.06. The summed E-state index contributed by atoms with van der Waals surface area (Å²) in [5, 5.41) is 7.05. The van der Waals surface area contributed by atoms with E-state index < -0.39 is 0 Å². The van der Waals surface area contributed by atoms with Gasteiger partial charge in [-0.05, 0) is 72.8 Å². The molecule has 4 rings (SSSR count). The summed E-state index contributed by atoms with van der Waals surface area (Å²) in [6.07, 6.45) is 0. The van der Waals surface area contributed by atoms with Crippen LogP contribution < -0.4 is 20.9 Å². The van der Waals surface area contributed by atoms with Crippen LogP contribution in [0.3, 0.4) is 0 Å². The van der Waals surface area contributed by atoms with Crippen LogP contribution in [0.1, 0.15) is 16.7 Å². The molecule has 3 aromatic carbocycles. The Bertz CT molecular complexity index is 1360. The van der Waals surface area contributed by atoms with E-state index in [0.717, 1.165) is 22.2 Å². The highest BCUT2D eigenvalue weighted by Gasteiger charge is 2.14. The number of benzene rings is 3. The predicted molar refractivity (Wildman–Crippen MR) is 133 cm³/mol. The van der Waals surface area contributed by atoms with Gasteiger partial charge in [-0.15, -0.1) is 0 Å². The van der Waals surface area contributed by atoms with E-state index in [1.165, 1.54) is 4.57 Å². The summed E-state index contributed by atoms with van der Waals surface area (Å²) in [5.74, 6) is 0.359. The molecule has 0 saturated heterocycles. The van der Waals surface area contributed by atoms with Gasteiger partial charge in [-0.2, -0.15) is 0 Å². The molecule has 2 N–H and O–H groups in total. The van der Waals surface area contributed by atoms with Gasteiger partial charge in [0.1, 0.15) is 12.3 Å². The molecular formula is C27H27N3O3. The Morgan fingerprint density at radius 2 is 1.70 bits per heavy atom. The number of hydrogen-bond donors (Lipinski definition) is 2. The number of methoxy groups -OCH3 is 1. The van der Waals surface area contributed by atoms with E-state index in [0.29, 0.717) is 29.1 Å².